The van der Waals surface area contributed by atoms with Crippen LogP contribution in [-0.2, 0) is 5.41 Å². The third-order valence-electron chi connectivity index (χ3n) is 8.11. The van der Waals surface area contributed by atoms with Gasteiger partial charge >= 0.3 is 0 Å². The maximum Gasteiger partial charge on any atom is 0.0696 e. The molecule has 1 fully saturated rings. The van der Waals surface area contributed by atoms with Crippen LogP contribution in [0, 0.1) is 0 Å². The Morgan fingerprint density at radius 2 is 0.875 bits per heavy atom. The quantitative estimate of drug-likeness (QED) is 0.243. The van der Waals surface area contributed by atoms with E-state index in [0.29, 0.717) is 0 Å². The van der Waals surface area contributed by atoms with E-state index in [2.05, 4.69) is 167 Å². The van der Waals surface area contributed by atoms with Crippen molar-refractivity contribution < 1.29 is 0 Å². The van der Waals surface area contributed by atoms with E-state index in [1.165, 1.54) is 33.6 Å². The highest BCUT2D eigenvalue weighted by molar-refractivity contribution is 5.89. The van der Waals surface area contributed by atoms with Gasteiger partial charge in [-0.3, -0.25) is 0 Å². The number of rotatable bonds is 5. The van der Waals surface area contributed by atoms with Crippen LogP contribution in [0.1, 0.15) is 24.0 Å². The van der Waals surface area contributed by atoms with E-state index < -0.39 is 5.41 Å². The molecule has 0 aromatic heterocycles. The number of benzene rings is 5. The number of nitrogens with one attached hydrogen (secondary N) is 2. The smallest absolute Gasteiger partial charge is 0.0696 e. The summed E-state index contributed by atoms with van der Waals surface area (Å²) in [5.41, 5.74) is 10.7. The SMILES string of the molecule is C(Nc1ccccc1)=C1CCC(=CNc2ccccc2)C12c1ccccc1N(c1ccccc1)c1ccccc12. The first-order valence-corrected chi connectivity index (χ1v) is 13.9. The average Bonchev–Trinajstić information content (AvgIpc) is 3.39. The second-order valence-corrected chi connectivity index (χ2v) is 10.3. The molecular formula is C37H31N3. The molecule has 2 aliphatic rings. The third kappa shape index (κ3) is 3.99. The predicted octanol–water partition coefficient (Wildman–Crippen LogP) is 9.54. The average molecular weight is 518 g/mol. The van der Waals surface area contributed by atoms with E-state index >= 15 is 0 Å². The Balaban J connectivity index is 1.47. The van der Waals surface area contributed by atoms with Crippen molar-refractivity contribution in [2.75, 3.05) is 15.5 Å². The molecule has 1 saturated carbocycles. The third-order valence-corrected chi connectivity index (χ3v) is 8.11. The minimum absolute atomic E-state index is 0.401. The molecule has 0 radical (unpaired) electrons. The molecule has 0 bridgehead atoms. The van der Waals surface area contributed by atoms with E-state index in [4.69, 9.17) is 0 Å². The molecule has 7 rings (SSSR count). The van der Waals surface area contributed by atoms with Gasteiger partial charge in [-0.15, -0.1) is 0 Å². The van der Waals surface area contributed by atoms with Crippen LogP contribution < -0.4 is 15.5 Å². The summed E-state index contributed by atoms with van der Waals surface area (Å²) >= 11 is 0. The highest BCUT2D eigenvalue weighted by Gasteiger charge is 2.51. The lowest BCUT2D eigenvalue weighted by atomic mass is 9.65. The number of fused-ring (bicyclic) bond motifs is 4. The van der Waals surface area contributed by atoms with E-state index in [1.807, 2.05) is 0 Å². The van der Waals surface area contributed by atoms with E-state index in [1.54, 1.807) is 0 Å². The fraction of sp³-hybridized carbons (Fsp3) is 0.0811. The summed E-state index contributed by atoms with van der Waals surface area (Å²) in [6, 6.07) is 49.4. The van der Waals surface area contributed by atoms with Crippen molar-refractivity contribution in [1.82, 2.24) is 0 Å². The fourth-order valence-corrected chi connectivity index (χ4v) is 6.41. The monoisotopic (exact) mass is 517 g/mol. The van der Waals surface area contributed by atoms with Gasteiger partial charge in [-0.05, 0) is 83.6 Å². The molecule has 0 saturated heterocycles. The van der Waals surface area contributed by atoms with E-state index in [9.17, 15) is 0 Å². The second-order valence-electron chi connectivity index (χ2n) is 10.3. The van der Waals surface area contributed by atoms with Crippen molar-refractivity contribution in [2.24, 2.45) is 0 Å². The Morgan fingerprint density at radius 1 is 0.475 bits per heavy atom. The number of nitrogens with zero attached hydrogens (tertiary/aromatic N) is 1. The molecule has 1 aliphatic carbocycles. The van der Waals surface area contributed by atoms with Gasteiger partial charge in [0.1, 0.15) is 0 Å². The lowest BCUT2D eigenvalue weighted by molar-refractivity contribution is 0.731. The Bertz CT molecular complexity index is 1580. The first-order chi connectivity index (χ1) is 19.9. The van der Waals surface area contributed by atoms with Crippen LogP contribution in [0.3, 0.4) is 0 Å². The normalized spacial score (nSPS) is 17.1. The molecule has 1 aliphatic heterocycles. The first-order valence-electron chi connectivity index (χ1n) is 13.9. The second kappa shape index (κ2) is 10.3. The molecule has 5 aromatic rings. The summed E-state index contributed by atoms with van der Waals surface area (Å²) < 4.78 is 0. The number of para-hydroxylation sites is 5. The van der Waals surface area contributed by atoms with Crippen LogP contribution in [0.2, 0.25) is 0 Å². The van der Waals surface area contributed by atoms with Gasteiger partial charge in [0.05, 0.1) is 16.8 Å². The molecule has 2 N–H and O–H groups in total. The molecule has 3 heteroatoms. The van der Waals surface area contributed by atoms with Crippen molar-refractivity contribution >= 4 is 28.4 Å². The summed E-state index contributed by atoms with van der Waals surface area (Å²) in [5, 5.41) is 7.27. The van der Waals surface area contributed by atoms with Gasteiger partial charge in [0, 0.05) is 29.5 Å². The van der Waals surface area contributed by atoms with Crippen LogP contribution in [0.4, 0.5) is 28.4 Å². The topological polar surface area (TPSA) is 27.3 Å². The standard InChI is InChI=1S/C37H31N3/c1-4-14-30(15-5-1)38-26-28-24-25-29(27-39-31-16-6-2-7-17-31)37(28)33-20-10-12-22-35(33)40(32-18-8-3-9-19-32)36-23-13-11-21-34(36)37/h1-23,26-27,38-39H,24-25H2. The molecule has 194 valence electrons. The lowest BCUT2D eigenvalue weighted by Gasteiger charge is -2.45. The Labute approximate surface area is 236 Å². The summed E-state index contributed by atoms with van der Waals surface area (Å²) in [4.78, 5) is 2.42. The van der Waals surface area contributed by atoms with Crippen molar-refractivity contribution in [1.29, 1.82) is 0 Å². The summed E-state index contributed by atoms with van der Waals surface area (Å²) in [5.74, 6) is 0. The van der Waals surface area contributed by atoms with Crippen LogP contribution >= 0.6 is 0 Å². The van der Waals surface area contributed by atoms with E-state index in [0.717, 1.165) is 29.9 Å². The van der Waals surface area contributed by atoms with Gasteiger partial charge in [0.2, 0.25) is 0 Å². The number of allylic oxidation sites excluding steroid dienone is 2. The minimum atomic E-state index is -0.401. The number of anilines is 5. The van der Waals surface area contributed by atoms with Crippen LogP contribution in [0.15, 0.2) is 163 Å². The number of hydrogen-bond donors (Lipinski definition) is 2. The first kappa shape index (κ1) is 24.1. The maximum atomic E-state index is 3.63. The van der Waals surface area contributed by atoms with Crippen molar-refractivity contribution in [3.63, 3.8) is 0 Å². The summed E-state index contributed by atoms with van der Waals surface area (Å²) in [7, 11) is 0. The molecular weight excluding hydrogens is 486 g/mol. The minimum Gasteiger partial charge on any atom is -0.362 e. The summed E-state index contributed by atoms with van der Waals surface area (Å²) in [6.45, 7) is 0. The van der Waals surface area contributed by atoms with Gasteiger partial charge < -0.3 is 15.5 Å². The maximum absolute atomic E-state index is 3.63. The molecule has 1 heterocycles. The lowest BCUT2D eigenvalue weighted by Crippen LogP contribution is -2.36. The number of hydrogen-bond acceptors (Lipinski definition) is 3. The Morgan fingerprint density at radius 3 is 1.35 bits per heavy atom. The van der Waals surface area contributed by atoms with Gasteiger partial charge in [-0.25, -0.2) is 0 Å². The van der Waals surface area contributed by atoms with Gasteiger partial charge in [-0.1, -0.05) is 91.0 Å². The van der Waals surface area contributed by atoms with Crippen LogP contribution in [-0.4, -0.2) is 0 Å². The van der Waals surface area contributed by atoms with Crippen molar-refractivity contribution in [3.8, 4) is 0 Å². The van der Waals surface area contributed by atoms with Crippen molar-refractivity contribution in [2.45, 2.75) is 18.3 Å². The van der Waals surface area contributed by atoms with Crippen LogP contribution in [0.5, 0.6) is 0 Å². The zero-order valence-electron chi connectivity index (χ0n) is 22.3. The highest BCUT2D eigenvalue weighted by atomic mass is 15.2. The molecule has 3 nitrogen and oxygen atoms in total. The highest BCUT2D eigenvalue weighted by Crippen LogP contribution is 2.62. The zero-order valence-corrected chi connectivity index (χ0v) is 22.3. The Hall–Kier alpha value is -5.02. The zero-order chi connectivity index (χ0) is 26.8. The largest absolute Gasteiger partial charge is 0.362 e. The Kier molecular flexibility index (Phi) is 6.18. The van der Waals surface area contributed by atoms with Gasteiger partial charge in [0.25, 0.3) is 0 Å². The predicted molar refractivity (Wildman–Crippen MR) is 167 cm³/mol. The van der Waals surface area contributed by atoms with Crippen LogP contribution in [0.25, 0.3) is 0 Å². The fourth-order valence-electron chi connectivity index (χ4n) is 6.41. The van der Waals surface area contributed by atoms with E-state index in [-0.39, 0.29) is 0 Å². The molecule has 5 aromatic carbocycles. The molecule has 0 amide bonds. The molecule has 0 atom stereocenters. The van der Waals surface area contributed by atoms with Gasteiger partial charge in [0.15, 0.2) is 0 Å². The molecule has 40 heavy (non-hydrogen) atoms. The van der Waals surface area contributed by atoms with Gasteiger partial charge in [-0.2, -0.15) is 0 Å². The van der Waals surface area contributed by atoms with Crippen molar-refractivity contribution in [3.05, 3.63) is 174 Å². The summed E-state index contributed by atoms with van der Waals surface area (Å²) in [6.07, 6.45) is 6.45. The molecule has 1 spiro atoms. The molecule has 0 unspecified atom stereocenters.